The van der Waals surface area contributed by atoms with Gasteiger partial charge in [0.15, 0.2) is 0 Å². The SMILES string of the molecule is CCOc1nc2cccc(C(=O)O)c2n1Cc1ccc(-c2cc(Oc3cccnc3)ccc2-c2nn[nH]n2)cc1. The Bertz CT molecular complexity index is 1780. The van der Waals surface area contributed by atoms with Gasteiger partial charge in [0.2, 0.25) is 5.82 Å². The highest BCUT2D eigenvalue weighted by atomic mass is 16.5. The van der Waals surface area contributed by atoms with Crippen LogP contribution in [0.3, 0.4) is 0 Å². The molecule has 6 aromatic rings. The molecular formula is C29H23N7O4. The Morgan fingerprint density at radius 2 is 1.88 bits per heavy atom. The van der Waals surface area contributed by atoms with E-state index >= 15 is 0 Å². The molecule has 0 radical (unpaired) electrons. The van der Waals surface area contributed by atoms with E-state index in [2.05, 4.69) is 30.6 Å². The molecule has 0 aliphatic carbocycles. The summed E-state index contributed by atoms with van der Waals surface area (Å²) in [4.78, 5) is 20.6. The number of aromatic carboxylic acids is 1. The first-order valence-corrected chi connectivity index (χ1v) is 12.5. The molecule has 198 valence electrons. The molecule has 3 heterocycles. The van der Waals surface area contributed by atoms with E-state index in [9.17, 15) is 9.90 Å². The minimum atomic E-state index is -1.02. The van der Waals surface area contributed by atoms with E-state index in [1.807, 2.05) is 61.5 Å². The smallest absolute Gasteiger partial charge is 0.337 e. The number of para-hydroxylation sites is 1. The Kier molecular flexibility index (Phi) is 6.59. The fourth-order valence-corrected chi connectivity index (χ4v) is 4.54. The fourth-order valence-electron chi connectivity index (χ4n) is 4.54. The lowest BCUT2D eigenvalue weighted by atomic mass is 9.97. The summed E-state index contributed by atoms with van der Waals surface area (Å²) in [6.07, 6.45) is 3.33. The highest BCUT2D eigenvalue weighted by Gasteiger charge is 2.19. The second-order valence-electron chi connectivity index (χ2n) is 8.82. The van der Waals surface area contributed by atoms with Crippen molar-refractivity contribution in [2.24, 2.45) is 0 Å². The molecule has 0 amide bonds. The average molecular weight is 534 g/mol. The van der Waals surface area contributed by atoms with Gasteiger partial charge < -0.3 is 14.6 Å². The highest BCUT2D eigenvalue weighted by Crippen LogP contribution is 2.35. The van der Waals surface area contributed by atoms with Crippen LogP contribution >= 0.6 is 0 Å². The number of hydrogen-bond acceptors (Lipinski definition) is 8. The van der Waals surface area contributed by atoms with E-state index in [1.165, 1.54) is 0 Å². The second-order valence-corrected chi connectivity index (χ2v) is 8.82. The number of aromatic nitrogens is 7. The molecule has 6 rings (SSSR count). The molecule has 40 heavy (non-hydrogen) atoms. The molecule has 0 saturated heterocycles. The average Bonchev–Trinajstić information content (AvgIpc) is 3.63. The number of carbonyl (C=O) groups is 1. The Morgan fingerprint density at radius 1 is 1.00 bits per heavy atom. The van der Waals surface area contributed by atoms with Crippen LogP contribution in [0.4, 0.5) is 0 Å². The Morgan fingerprint density at radius 3 is 2.60 bits per heavy atom. The molecule has 0 saturated carbocycles. The number of benzene rings is 3. The summed E-state index contributed by atoms with van der Waals surface area (Å²) >= 11 is 0. The van der Waals surface area contributed by atoms with Gasteiger partial charge in [0.25, 0.3) is 6.01 Å². The standard InChI is InChI=1S/C29H23N7O4/c1-2-39-29-31-25-7-3-6-23(28(37)38)26(25)36(29)17-18-8-10-19(11-9-18)24-15-20(40-21-5-4-14-30-16-21)12-13-22(24)27-32-34-35-33-27/h3-16H,2,17H2,1H3,(H,37,38)(H,32,33,34,35). The van der Waals surface area contributed by atoms with Crippen molar-refractivity contribution in [3.05, 3.63) is 96.3 Å². The maximum Gasteiger partial charge on any atom is 0.337 e. The van der Waals surface area contributed by atoms with Gasteiger partial charge in [-0.1, -0.05) is 30.3 Å². The first-order chi connectivity index (χ1) is 19.6. The van der Waals surface area contributed by atoms with Crippen molar-refractivity contribution in [3.8, 4) is 40.0 Å². The molecule has 0 fully saturated rings. The van der Waals surface area contributed by atoms with Crippen molar-refractivity contribution in [2.45, 2.75) is 13.5 Å². The zero-order valence-electron chi connectivity index (χ0n) is 21.4. The van der Waals surface area contributed by atoms with Crippen molar-refractivity contribution in [2.75, 3.05) is 6.61 Å². The van der Waals surface area contributed by atoms with Crippen molar-refractivity contribution < 1.29 is 19.4 Å². The number of pyridine rings is 1. The third-order valence-corrected chi connectivity index (χ3v) is 6.29. The maximum atomic E-state index is 11.9. The molecular weight excluding hydrogens is 510 g/mol. The van der Waals surface area contributed by atoms with Crippen molar-refractivity contribution in [3.63, 3.8) is 0 Å². The Labute approximate surface area is 228 Å². The van der Waals surface area contributed by atoms with Crippen LogP contribution in [-0.4, -0.2) is 52.8 Å². The van der Waals surface area contributed by atoms with E-state index in [4.69, 9.17) is 9.47 Å². The lowest BCUT2D eigenvalue weighted by Gasteiger charge is -2.13. The number of nitrogens with one attached hydrogen (secondary N) is 1. The van der Waals surface area contributed by atoms with Crippen LogP contribution in [0.5, 0.6) is 17.5 Å². The molecule has 3 aromatic carbocycles. The van der Waals surface area contributed by atoms with Gasteiger partial charge in [-0.25, -0.2) is 4.79 Å². The van der Waals surface area contributed by atoms with E-state index in [0.717, 1.165) is 22.3 Å². The van der Waals surface area contributed by atoms with Gasteiger partial charge >= 0.3 is 5.97 Å². The monoisotopic (exact) mass is 533 g/mol. The zero-order valence-corrected chi connectivity index (χ0v) is 21.4. The van der Waals surface area contributed by atoms with Crippen LogP contribution in [-0.2, 0) is 6.54 Å². The van der Waals surface area contributed by atoms with Gasteiger partial charge in [-0.2, -0.15) is 10.2 Å². The number of rotatable bonds is 9. The summed E-state index contributed by atoms with van der Waals surface area (Å²) in [6.45, 7) is 2.64. The molecule has 0 unspecified atom stereocenters. The predicted octanol–water partition coefficient (Wildman–Crippen LogP) is 5.22. The molecule has 11 nitrogen and oxygen atoms in total. The third kappa shape index (κ3) is 4.83. The van der Waals surface area contributed by atoms with E-state index < -0.39 is 5.97 Å². The van der Waals surface area contributed by atoms with Gasteiger partial charge in [0.05, 0.1) is 35.9 Å². The molecule has 2 N–H and O–H groups in total. The molecule has 11 heteroatoms. The fraction of sp³-hybridized carbons (Fsp3) is 0.103. The highest BCUT2D eigenvalue weighted by molar-refractivity contribution is 6.01. The number of ether oxygens (including phenoxy) is 2. The van der Waals surface area contributed by atoms with Crippen LogP contribution in [0.2, 0.25) is 0 Å². The normalized spacial score (nSPS) is 11.0. The van der Waals surface area contributed by atoms with Gasteiger partial charge in [-0.3, -0.25) is 9.55 Å². The largest absolute Gasteiger partial charge is 0.478 e. The molecule has 0 bridgehead atoms. The predicted molar refractivity (Wildman–Crippen MR) is 146 cm³/mol. The molecule has 0 aliphatic rings. The second kappa shape index (κ2) is 10.7. The van der Waals surface area contributed by atoms with Crippen LogP contribution in [0.15, 0.2) is 85.2 Å². The summed E-state index contributed by atoms with van der Waals surface area (Å²) in [5.41, 5.74) is 4.73. The van der Waals surface area contributed by atoms with E-state index in [0.29, 0.717) is 47.5 Å². The number of imidazole rings is 1. The quantitative estimate of drug-likeness (QED) is 0.256. The van der Waals surface area contributed by atoms with Gasteiger partial charge in [-0.05, 0) is 71.3 Å². The molecule has 0 aliphatic heterocycles. The summed E-state index contributed by atoms with van der Waals surface area (Å²) < 4.78 is 13.6. The Balaban J connectivity index is 1.37. The number of aromatic amines is 1. The van der Waals surface area contributed by atoms with Crippen molar-refractivity contribution >= 4 is 17.0 Å². The number of tetrazole rings is 1. The number of nitrogens with zero attached hydrogens (tertiary/aromatic N) is 6. The van der Waals surface area contributed by atoms with Crippen LogP contribution in [0, 0.1) is 0 Å². The zero-order chi connectivity index (χ0) is 27.5. The lowest BCUT2D eigenvalue weighted by Crippen LogP contribution is -2.08. The molecule has 3 aromatic heterocycles. The third-order valence-electron chi connectivity index (χ3n) is 6.29. The number of hydrogen-bond donors (Lipinski definition) is 2. The van der Waals surface area contributed by atoms with Gasteiger partial charge in [0.1, 0.15) is 11.5 Å². The summed E-state index contributed by atoms with van der Waals surface area (Å²) in [5, 5.41) is 24.3. The molecule has 0 atom stereocenters. The molecule has 0 spiro atoms. The number of carboxylic acids is 1. The van der Waals surface area contributed by atoms with Gasteiger partial charge in [0, 0.05) is 11.8 Å². The first-order valence-electron chi connectivity index (χ1n) is 12.5. The summed E-state index contributed by atoms with van der Waals surface area (Å²) in [7, 11) is 0. The first kappa shape index (κ1) is 24.7. The van der Waals surface area contributed by atoms with Crippen LogP contribution < -0.4 is 9.47 Å². The van der Waals surface area contributed by atoms with Gasteiger partial charge in [-0.15, -0.1) is 10.2 Å². The van der Waals surface area contributed by atoms with E-state index in [1.54, 1.807) is 35.2 Å². The number of carboxylic acid groups (broad SMARTS) is 1. The minimum Gasteiger partial charge on any atom is -0.478 e. The van der Waals surface area contributed by atoms with Crippen LogP contribution in [0.1, 0.15) is 22.8 Å². The summed E-state index contributed by atoms with van der Waals surface area (Å²) in [6, 6.07) is 22.6. The van der Waals surface area contributed by atoms with Crippen LogP contribution in [0.25, 0.3) is 33.5 Å². The lowest BCUT2D eigenvalue weighted by molar-refractivity contribution is 0.0698. The minimum absolute atomic E-state index is 0.169. The van der Waals surface area contributed by atoms with Crippen molar-refractivity contribution in [1.29, 1.82) is 0 Å². The number of H-pyrrole nitrogens is 1. The number of fused-ring (bicyclic) bond motifs is 1. The van der Waals surface area contributed by atoms with Crippen molar-refractivity contribution in [1.82, 2.24) is 35.2 Å². The maximum absolute atomic E-state index is 11.9. The van der Waals surface area contributed by atoms with E-state index in [-0.39, 0.29) is 5.56 Å². The Hall–Kier alpha value is -5.58. The topological polar surface area (TPSA) is 141 Å². The summed E-state index contributed by atoms with van der Waals surface area (Å²) in [5.74, 6) is 0.688.